The number of hydrogen-bond donors (Lipinski definition) is 2. The highest BCUT2D eigenvalue weighted by Gasteiger charge is 2.57. The van der Waals surface area contributed by atoms with Crippen LogP contribution in [0.1, 0.15) is 77.0 Å². The summed E-state index contributed by atoms with van der Waals surface area (Å²) in [6, 6.07) is 0. The molecule has 0 aromatic heterocycles. The number of amides is 2. The van der Waals surface area contributed by atoms with Gasteiger partial charge in [0.2, 0.25) is 11.8 Å². The molecule has 162 valence electrons. The SMILES string of the molecule is CN1C(NC(=O)C23CC4CC(CC(C4)C2)C3)=C1NC(=O)C12CC3CC(CC(C3)C1)C2. The van der Waals surface area contributed by atoms with Crippen LogP contribution < -0.4 is 10.6 Å². The van der Waals surface area contributed by atoms with Gasteiger partial charge in [0.1, 0.15) is 0 Å². The first-order chi connectivity index (χ1) is 14.4. The normalized spacial score (nSPS) is 49.6. The molecular formula is C25H35N3O2. The molecule has 0 atom stereocenters. The highest BCUT2D eigenvalue weighted by Crippen LogP contribution is 2.61. The third-order valence-corrected chi connectivity index (χ3v) is 10.3. The molecule has 1 aliphatic heterocycles. The first-order valence-electron chi connectivity index (χ1n) is 12.5. The van der Waals surface area contributed by atoms with Crippen LogP contribution in [0.4, 0.5) is 0 Å². The van der Waals surface area contributed by atoms with Crippen molar-refractivity contribution in [2.75, 3.05) is 7.05 Å². The Morgan fingerprint density at radius 3 is 1.17 bits per heavy atom. The van der Waals surface area contributed by atoms with Crippen LogP contribution in [0.5, 0.6) is 0 Å². The fourth-order valence-electron chi connectivity index (χ4n) is 9.79. The van der Waals surface area contributed by atoms with Crippen LogP contribution in [0, 0.1) is 46.3 Å². The quantitative estimate of drug-likeness (QED) is 0.744. The summed E-state index contributed by atoms with van der Waals surface area (Å²) < 4.78 is 0. The number of rotatable bonds is 4. The Hall–Kier alpha value is -1.52. The molecular weight excluding hydrogens is 374 g/mol. The third kappa shape index (κ3) is 2.53. The first kappa shape index (κ1) is 18.1. The van der Waals surface area contributed by atoms with Gasteiger partial charge in [-0.15, -0.1) is 0 Å². The lowest BCUT2D eigenvalue weighted by Gasteiger charge is -2.55. The highest BCUT2D eigenvalue weighted by atomic mass is 16.2. The van der Waals surface area contributed by atoms with E-state index in [4.69, 9.17) is 0 Å². The van der Waals surface area contributed by atoms with Crippen LogP contribution in [0.15, 0.2) is 11.6 Å². The summed E-state index contributed by atoms with van der Waals surface area (Å²) in [6.45, 7) is 0. The third-order valence-electron chi connectivity index (χ3n) is 10.3. The minimum atomic E-state index is -0.139. The molecule has 0 aromatic rings. The van der Waals surface area contributed by atoms with Gasteiger partial charge in [0.25, 0.3) is 0 Å². The van der Waals surface area contributed by atoms with Crippen molar-refractivity contribution in [1.82, 2.24) is 15.5 Å². The van der Waals surface area contributed by atoms with Gasteiger partial charge in [-0.25, -0.2) is 0 Å². The van der Waals surface area contributed by atoms with E-state index in [0.717, 1.165) is 85.7 Å². The van der Waals surface area contributed by atoms with Crippen LogP contribution in [0.3, 0.4) is 0 Å². The molecule has 2 N–H and O–H groups in total. The van der Waals surface area contributed by atoms with Crippen molar-refractivity contribution in [2.24, 2.45) is 46.3 Å². The van der Waals surface area contributed by atoms with Gasteiger partial charge in [-0.2, -0.15) is 0 Å². The maximum absolute atomic E-state index is 13.4. The van der Waals surface area contributed by atoms with E-state index in [9.17, 15) is 9.59 Å². The van der Waals surface area contributed by atoms with Crippen molar-refractivity contribution >= 4 is 11.8 Å². The fraction of sp³-hybridized carbons (Fsp3) is 0.840. The Labute approximate surface area is 179 Å². The predicted molar refractivity (Wildman–Crippen MR) is 112 cm³/mol. The lowest BCUT2D eigenvalue weighted by molar-refractivity contribution is -0.146. The van der Waals surface area contributed by atoms with E-state index in [1.54, 1.807) is 0 Å². The summed E-state index contributed by atoms with van der Waals surface area (Å²) >= 11 is 0. The zero-order valence-corrected chi connectivity index (χ0v) is 18.2. The number of carbonyl (C=O) groups is 2. The van der Waals surface area contributed by atoms with Crippen LogP contribution in [0.25, 0.3) is 0 Å². The molecule has 0 radical (unpaired) electrons. The average molecular weight is 410 g/mol. The molecule has 8 saturated carbocycles. The summed E-state index contributed by atoms with van der Waals surface area (Å²) in [5, 5.41) is 6.48. The Morgan fingerprint density at radius 2 is 0.900 bits per heavy atom. The number of nitrogens with one attached hydrogen (secondary N) is 2. The van der Waals surface area contributed by atoms with Crippen molar-refractivity contribution in [3.05, 3.63) is 11.6 Å². The van der Waals surface area contributed by atoms with Crippen LogP contribution in [-0.2, 0) is 9.59 Å². The zero-order chi connectivity index (χ0) is 20.3. The molecule has 5 nitrogen and oxygen atoms in total. The Kier molecular flexibility index (Phi) is 3.52. The molecule has 9 aliphatic rings. The summed E-state index contributed by atoms with van der Waals surface area (Å²) in [5.41, 5.74) is -0.277. The molecule has 0 unspecified atom stereocenters. The summed E-state index contributed by atoms with van der Waals surface area (Å²) in [7, 11) is 1.96. The lowest BCUT2D eigenvalue weighted by Crippen LogP contribution is -2.53. The van der Waals surface area contributed by atoms with Gasteiger partial charge in [0, 0.05) is 7.05 Å². The van der Waals surface area contributed by atoms with Gasteiger partial charge in [-0.3, -0.25) is 9.59 Å². The summed E-state index contributed by atoms with van der Waals surface area (Å²) in [5.74, 6) is 6.73. The van der Waals surface area contributed by atoms with Crippen LogP contribution in [-0.4, -0.2) is 23.8 Å². The standard InChI is InChI=1S/C25H35N3O2/c1-28-20(26-22(29)24-8-14-2-15(9-24)4-16(3-14)10-24)21(28)27-23(30)25-11-17-5-18(12-25)7-19(6-17)13-25/h14-19H,2-13H2,1H3,(H,26,29)(H,27,30). The minimum absolute atomic E-state index is 0.139. The van der Waals surface area contributed by atoms with Crippen molar-refractivity contribution in [1.29, 1.82) is 0 Å². The lowest BCUT2D eigenvalue weighted by atomic mass is 9.49. The average Bonchev–Trinajstić information content (AvgIpc) is 3.26. The number of carbonyl (C=O) groups excluding carboxylic acids is 2. The van der Waals surface area contributed by atoms with Crippen LogP contribution >= 0.6 is 0 Å². The monoisotopic (exact) mass is 409 g/mol. The number of nitrogens with zero attached hydrogens (tertiary/aromatic N) is 1. The van der Waals surface area contributed by atoms with E-state index in [-0.39, 0.29) is 22.6 Å². The van der Waals surface area contributed by atoms with Gasteiger partial charge >= 0.3 is 0 Å². The number of hydrogen-bond acceptors (Lipinski definition) is 3. The molecule has 0 saturated heterocycles. The van der Waals surface area contributed by atoms with Crippen molar-refractivity contribution in [3.8, 4) is 0 Å². The highest BCUT2D eigenvalue weighted by molar-refractivity contribution is 5.88. The molecule has 8 fully saturated rings. The molecule has 0 spiro atoms. The van der Waals surface area contributed by atoms with E-state index in [0.29, 0.717) is 0 Å². The Bertz CT molecular complexity index is 720. The minimum Gasteiger partial charge on any atom is -0.311 e. The predicted octanol–water partition coefficient (Wildman–Crippen LogP) is 3.72. The Balaban J connectivity index is 1.06. The zero-order valence-electron chi connectivity index (χ0n) is 18.2. The second kappa shape index (κ2) is 5.83. The summed E-state index contributed by atoms with van der Waals surface area (Å²) in [6.07, 6.45) is 14.6. The molecule has 0 aromatic carbocycles. The topological polar surface area (TPSA) is 61.2 Å². The first-order valence-corrected chi connectivity index (χ1v) is 12.5. The molecule has 30 heavy (non-hydrogen) atoms. The largest absolute Gasteiger partial charge is 0.311 e. The van der Waals surface area contributed by atoms with E-state index >= 15 is 0 Å². The van der Waals surface area contributed by atoms with Crippen molar-refractivity contribution in [3.63, 3.8) is 0 Å². The van der Waals surface area contributed by atoms with E-state index in [2.05, 4.69) is 10.6 Å². The summed E-state index contributed by atoms with van der Waals surface area (Å²) in [4.78, 5) is 28.7. The Morgan fingerprint density at radius 1 is 0.633 bits per heavy atom. The van der Waals surface area contributed by atoms with Crippen molar-refractivity contribution < 1.29 is 9.59 Å². The maximum Gasteiger partial charge on any atom is 0.231 e. The smallest absolute Gasteiger partial charge is 0.231 e. The second-order valence-electron chi connectivity index (χ2n) is 12.6. The van der Waals surface area contributed by atoms with Gasteiger partial charge in [-0.1, -0.05) is 0 Å². The molecule has 2 amide bonds. The maximum atomic E-state index is 13.4. The second-order valence-corrected chi connectivity index (χ2v) is 12.6. The van der Waals surface area contributed by atoms with Gasteiger partial charge in [0.05, 0.1) is 10.8 Å². The molecule has 9 rings (SSSR count). The van der Waals surface area contributed by atoms with Gasteiger partial charge < -0.3 is 15.5 Å². The van der Waals surface area contributed by atoms with Gasteiger partial charge in [0.15, 0.2) is 11.6 Å². The fourth-order valence-corrected chi connectivity index (χ4v) is 9.79. The van der Waals surface area contributed by atoms with E-state index in [1.165, 1.54) is 38.5 Å². The van der Waals surface area contributed by atoms with E-state index < -0.39 is 0 Å². The van der Waals surface area contributed by atoms with Crippen molar-refractivity contribution in [2.45, 2.75) is 77.0 Å². The molecule has 1 heterocycles. The van der Waals surface area contributed by atoms with E-state index in [1.807, 2.05) is 11.9 Å². The van der Waals surface area contributed by atoms with Gasteiger partial charge in [-0.05, 0) is 113 Å². The molecule has 5 heteroatoms. The molecule has 8 aliphatic carbocycles. The molecule has 8 bridgehead atoms. The van der Waals surface area contributed by atoms with Crippen LogP contribution in [0.2, 0.25) is 0 Å².